The van der Waals surface area contributed by atoms with E-state index in [1.807, 2.05) is 0 Å². The first-order valence-corrected chi connectivity index (χ1v) is 8.54. The molecule has 1 saturated carbocycles. The number of hydrogen-bond donors (Lipinski definition) is 1. The molecule has 1 aliphatic rings. The van der Waals surface area contributed by atoms with Gasteiger partial charge in [0.05, 0.1) is 23.0 Å². The maximum Gasteiger partial charge on any atom is 0.241 e. The Morgan fingerprint density at radius 2 is 2.00 bits per heavy atom. The first kappa shape index (κ1) is 14.2. The van der Waals surface area contributed by atoms with Gasteiger partial charge in [0.1, 0.15) is 0 Å². The van der Waals surface area contributed by atoms with Gasteiger partial charge < -0.3 is 0 Å². The summed E-state index contributed by atoms with van der Waals surface area (Å²) in [6.07, 6.45) is 7.02. The lowest BCUT2D eigenvalue weighted by molar-refractivity contribution is 0.513. The van der Waals surface area contributed by atoms with Gasteiger partial charge in [0.25, 0.3) is 0 Å². The Morgan fingerprint density at radius 1 is 1.29 bits per heavy atom. The highest BCUT2D eigenvalue weighted by Gasteiger charge is 2.44. The maximum absolute atomic E-state index is 12.4. The number of benzene rings is 1. The highest BCUT2D eigenvalue weighted by molar-refractivity contribution is 7.89. The third kappa shape index (κ3) is 2.98. The molecule has 1 aliphatic carbocycles. The smallest absolute Gasteiger partial charge is 0.221 e. The zero-order valence-electron chi connectivity index (χ0n) is 11.9. The lowest BCUT2D eigenvalue weighted by atomic mass is 10.1. The average Bonchev–Trinajstić information content (AvgIpc) is 3.01. The van der Waals surface area contributed by atoms with Crippen molar-refractivity contribution in [2.75, 3.05) is 0 Å². The van der Waals surface area contributed by atoms with Crippen LogP contribution in [0.4, 0.5) is 0 Å². The highest BCUT2D eigenvalue weighted by Crippen LogP contribution is 2.40. The summed E-state index contributed by atoms with van der Waals surface area (Å²) in [5.41, 5.74) is 0.569. The summed E-state index contributed by atoms with van der Waals surface area (Å²) in [5.74, 6) is 0. The standard InChI is InChI=1S/C14H18N4O2S/c1-2-7-14(8-9-14)16-21(19,20)13-5-3-12(4-6-13)18-11-10-15-17-18/h3-6,10-11,16H,2,7-9H2,1H3. The summed E-state index contributed by atoms with van der Waals surface area (Å²) in [6, 6.07) is 6.65. The minimum absolute atomic E-state index is 0.210. The van der Waals surface area contributed by atoms with E-state index in [1.54, 1.807) is 41.3 Å². The molecule has 0 atom stereocenters. The zero-order valence-corrected chi connectivity index (χ0v) is 12.7. The molecule has 1 N–H and O–H groups in total. The Labute approximate surface area is 124 Å². The first-order valence-electron chi connectivity index (χ1n) is 7.05. The number of nitrogens with one attached hydrogen (secondary N) is 1. The fourth-order valence-electron chi connectivity index (χ4n) is 2.50. The van der Waals surface area contributed by atoms with Crippen molar-refractivity contribution in [2.24, 2.45) is 0 Å². The van der Waals surface area contributed by atoms with Crippen molar-refractivity contribution in [3.05, 3.63) is 36.7 Å². The molecule has 0 amide bonds. The van der Waals surface area contributed by atoms with Crippen molar-refractivity contribution < 1.29 is 8.42 Å². The number of rotatable bonds is 6. The molecular weight excluding hydrogens is 288 g/mol. The van der Waals surface area contributed by atoms with Crippen LogP contribution in [0.5, 0.6) is 0 Å². The Bertz CT molecular complexity index is 704. The monoisotopic (exact) mass is 306 g/mol. The van der Waals surface area contributed by atoms with Crippen LogP contribution in [0, 0.1) is 0 Å². The Morgan fingerprint density at radius 3 is 2.52 bits per heavy atom. The van der Waals surface area contributed by atoms with Gasteiger partial charge in [0.2, 0.25) is 10.0 Å². The summed E-state index contributed by atoms with van der Waals surface area (Å²) >= 11 is 0. The van der Waals surface area contributed by atoms with Crippen molar-refractivity contribution in [2.45, 2.75) is 43.0 Å². The fraction of sp³-hybridized carbons (Fsp3) is 0.429. The second-order valence-electron chi connectivity index (χ2n) is 5.48. The predicted octanol–water partition coefficient (Wildman–Crippen LogP) is 1.88. The molecule has 0 radical (unpaired) electrons. The SMILES string of the molecule is CCCC1(NS(=O)(=O)c2ccc(-n3ccnn3)cc2)CC1. The minimum atomic E-state index is -3.46. The molecule has 0 saturated heterocycles. The van der Waals surface area contributed by atoms with Gasteiger partial charge in [0.15, 0.2) is 0 Å². The predicted molar refractivity (Wildman–Crippen MR) is 78.6 cm³/mol. The van der Waals surface area contributed by atoms with Crippen LogP contribution in [0.2, 0.25) is 0 Å². The van der Waals surface area contributed by atoms with Gasteiger partial charge >= 0.3 is 0 Å². The number of hydrogen-bond acceptors (Lipinski definition) is 4. The van der Waals surface area contributed by atoms with Crippen LogP contribution < -0.4 is 4.72 Å². The summed E-state index contributed by atoms with van der Waals surface area (Å²) in [7, 11) is -3.46. The zero-order chi connectivity index (χ0) is 14.9. The average molecular weight is 306 g/mol. The van der Waals surface area contributed by atoms with Crippen LogP contribution in [0.3, 0.4) is 0 Å². The highest BCUT2D eigenvalue weighted by atomic mass is 32.2. The van der Waals surface area contributed by atoms with Crippen LogP contribution in [-0.2, 0) is 10.0 Å². The van der Waals surface area contributed by atoms with E-state index in [4.69, 9.17) is 0 Å². The van der Waals surface area contributed by atoms with E-state index in [9.17, 15) is 8.42 Å². The molecular formula is C14H18N4O2S. The molecule has 6 nitrogen and oxygen atoms in total. The van der Waals surface area contributed by atoms with Crippen LogP contribution in [0.25, 0.3) is 5.69 Å². The van der Waals surface area contributed by atoms with E-state index in [0.29, 0.717) is 0 Å². The summed E-state index contributed by atoms with van der Waals surface area (Å²) in [6.45, 7) is 2.07. The van der Waals surface area contributed by atoms with Crippen molar-refractivity contribution in [3.8, 4) is 5.69 Å². The van der Waals surface area contributed by atoms with E-state index in [0.717, 1.165) is 31.4 Å². The normalized spacial score (nSPS) is 16.8. The van der Waals surface area contributed by atoms with Crippen molar-refractivity contribution in [3.63, 3.8) is 0 Å². The van der Waals surface area contributed by atoms with Gasteiger partial charge in [-0.25, -0.2) is 17.8 Å². The van der Waals surface area contributed by atoms with Gasteiger partial charge in [-0.2, -0.15) is 0 Å². The Balaban J connectivity index is 1.80. The molecule has 1 aromatic carbocycles. The topological polar surface area (TPSA) is 76.9 Å². The summed E-state index contributed by atoms with van der Waals surface area (Å²) < 4.78 is 29.3. The summed E-state index contributed by atoms with van der Waals surface area (Å²) in [4.78, 5) is 0.286. The first-order chi connectivity index (χ1) is 10.0. The number of aromatic nitrogens is 3. The Kier molecular flexibility index (Phi) is 3.54. The van der Waals surface area contributed by atoms with E-state index < -0.39 is 10.0 Å². The summed E-state index contributed by atoms with van der Waals surface area (Å²) in [5, 5.41) is 7.60. The van der Waals surface area contributed by atoms with E-state index >= 15 is 0 Å². The van der Waals surface area contributed by atoms with Crippen LogP contribution in [0.1, 0.15) is 32.6 Å². The molecule has 1 heterocycles. The van der Waals surface area contributed by atoms with Crippen LogP contribution >= 0.6 is 0 Å². The van der Waals surface area contributed by atoms with Gasteiger partial charge in [-0.15, -0.1) is 5.10 Å². The number of sulfonamides is 1. The van der Waals surface area contributed by atoms with Gasteiger partial charge in [0, 0.05) is 5.54 Å². The molecule has 7 heteroatoms. The lowest BCUT2D eigenvalue weighted by Gasteiger charge is -2.16. The second kappa shape index (κ2) is 5.23. The molecule has 3 rings (SSSR count). The molecule has 0 aliphatic heterocycles. The molecule has 1 aromatic heterocycles. The quantitative estimate of drug-likeness (QED) is 0.884. The van der Waals surface area contributed by atoms with Crippen molar-refractivity contribution in [1.82, 2.24) is 19.7 Å². The number of nitrogens with zero attached hydrogens (tertiary/aromatic N) is 3. The molecule has 112 valence electrons. The third-order valence-corrected chi connectivity index (χ3v) is 5.36. The van der Waals surface area contributed by atoms with Gasteiger partial charge in [-0.05, 0) is 43.5 Å². The van der Waals surface area contributed by atoms with Crippen molar-refractivity contribution in [1.29, 1.82) is 0 Å². The van der Waals surface area contributed by atoms with E-state index in [1.165, 1.54) is 0 Å². The minimum Gasteiger partial charge on any atom is -0.221 e. The molecule has 2 aromatic rings. The lowest BCUT2D eigenvalue weighted by Crippen LogP contribution is -2.36. The van der Waals surface area contributed by atoms with Crippen LogP contribution in [0.15, 0.2) is 41.6 Å². The molecule has 0 unspecified atom stereocenters. The van der Waals surface area contributed by atoms with E-state index in [2.05, 4.69) is 22.0 Å². The third-order valence-electron chi connectivity index (χ3n) is 3.77. The Hall–Kier alpha value is -1.73. The van der Waals surface area contributed by atoms with Gasteiger partial charge in [-0.3, -0.25) is 0 Å². The fourth-order valence-corrected chi connectivity index (χ4v) is 3.99. The maximum atomic E-state index is 12.4. The molecule has 0 bridgehead atoms. The van der Waals surface area contributed by atoms with Crippen molar-refractivity contribution >= 4 is 10.0 Å². The largest absolute Gasteiger partial charge is 0.241 e. The van der Waals surface area contributed by atoms with Gasteiger partial charge in [-0.1, -0.05) is 18.6 Å². The molecule has 21 heavy (non-hydrogen) atoms. The second-order valence-corrected chi connectivity index (χ2v) is 7.16. The molecule has 1 fully saturated rings. The van der Waals surface area contributed by atoms with Crippen LogP contribution in [-0.4, -0.2) is 29.0 Å². The molecule has 0 spiro atoms. The van der Waals surface area contributed by atoms with E-state index in [-0.39, 0.29) is 10.4 Å².